The fourth-order valence-corrected chi connectivity index (χ4v) is 2.36. The molecule has 1 fully saturated rings. The maximum Gasteiger partial charge on any atom is 0.418 e. The van der Waals surface area contributed by atoms with E-state index < -0.39 is 35.9 Å². The molecule has 22 heavy (non-hydrogen) atoms. The second kappa shape index (κ2) is 6.23. The van der Waals surface area contributed by atoms with Crippen molar-refractivity contribution in [2.24, 2.45) is 0 Å². The average Bonchev–Trinajstić information content (AvgIpc) is 2.77. The number of hydrogen-bond donors (Lipinski definition) is 3. The first kappa shape index (κ1) is 16.7. The van der Waals surface area contributed by atoms with Crippen molar-refractivity contribution in [2.45, 2.75) is 31.3 Å². The van der Waals surface area contributed by atoms with E-state index in [1.807, 2.05) is 0 Å². The van der Waals surface area contributed by atoms with Crippen LogP contribution in [-0.2, 0) is 11.0 Å². The first-order chi connectivity index (χ1) is 10.2. The van der Waals surface area contributed by atoms with E-state index in [2.05, 4.69) is 5.32 Å². The van der Waals surface area contributed by atoms with Crippen LogP contribution in [0.25, 0.3) is 0 Å². The van der Waals surface area contributed by atoms with E-state index in [9.17, 15) is 28.2 Å². The smallest absolute Gasteiger partial charge is 0.389 e. The van der Waals surface area contributed by atoms with Crippen LogP contribution in [0.5, 0.6) is 0 Å². The summed E-state index contributed by atoms with van der Waals surface area (Å²) >= 11 is 0. The van der Waals surface area contributed by atoms with Crippen LogP contribution in [0.3, 0.4) is 0 Å². The monoisotopic (exact) mass is 318 g/mol. The van der Waals surface area contributed by atoms with Crippen LogP contribution in [0.4, 0.5) is 18.9 Å². The number of amides is 1. The van der Waals surface area contributed by atoms with Crippen LogP contribution in [0.15, 0.2) is 24.3 Å². The molecule has 0 aliphatic carbocycles. The molecular weight excluding hydrogens is 301 g/mol. The van der Waals surface area contributed by atoms with Crippen LogP contribution >= 0.6 is 0 Å². The number of benzene rings is 1. The van der Waals surface area contributed by atoms with Gasteiger partial charge in [-0.25, -0.2) is 0 Å². The van der Waals surface area contributed by atoms with E-state index in [0.717, 1.165) is 6.07 Å². The summed E-state index contributed by atoms with van der Waals surface area (Å²) in [7, 11) is 0. The van der Waals surface area contributed by atoms with Gasteiger partial charge in [0.25, 0.3) is 0 Å². The predicted molar refractivity (Wildman–Crippen MR) is 73.1 cm³/mol. The van der Waals surface area contributed by atoms with E-state index in [4.69, 9.17) is 0 Å². The van der Waals surface area contributed by atoms with E-state index in [-0.39, 0.29) is 18.8 Å². The number of carbonyl (C=O) groups excluding carboxylic acids is 1. The molecule has 0 aromatic heterocycles. The number of aliphatic hydroxyl groups is 2. The number of rotatable bonds is 3. The number of halogens is 3. The summed E-state index contributed by atoms with van der Waals surface area (Å²) in [4.78, 5) is 13.6. The number of nitrogens with one attached hydrogen (secondary N) is 1. The number of anilines is 1. The van der Waals surface area contributed by atoms with Gasteiger partial charge >= 0.3 is 6.18 Å². The number of carbonyl (C=O) groups is 1. The van der Waals surface area contributed by atoms with Gasteiger partial charge in [-0.1, -0.05) is 12.1 Å². The first-order valence-electron chi connectivity index (χ1n) is 6.77. The molecule has 1 aliphatic heterocycles. The molecule has 0 saturated carbocycles. The summed E-state index contributed by atoms with van der Waals surface area (Å²) < 4.78 is 38.6. The number of aliphatic hydroxyl groups excluding tert-OH is 2. The van der Waals surface area contributed by atoms with Crippen LogP contribution in [-0.4, -0.2) is 52.4 Å². The minimum Gasteiger partial charge on any atom is -0.389 e. The zero-order valence-electron chi connectivity index (χ0n) is 11.8. The van der Waals surface area contributed by atoms with Gasteiger partial charge in [0.15, 0.2) is 0 Å². The highest BCUT2D eigenvalue weighted by atomic mass is 19.4. The second-order valence-electron chi connectivity index (χ2n) is 5.30. The van der Waals surface area contributed by atoms with Crippen LogP contribution in [0, 0.1) is 0 Å². The Kier molecular flexibility index (Phi) is 4.74. The summed E-state index contributed by atoms with van der Waals surface area (Å²) in [6.45, 7) is 1.70. The van der Waals surface area contributed by atoms with Crippen molar-refractivity contribution >= 4 is 11.6 Å². The number of nitrogens with zero attached hydrogens (tertiary/aromatic N) is 1. The van der Waals surface area contributed by atoms with Crippen molar-refractivity contribution in [3.63, 3.8) is 0 Å². The van der Waals surface area contributed by atoms with Gasteiger partial charge in [-0.2, -0.15) is 13.2 Å². The Morgan fingerprint density at radius 1 is 1.27 bits per heavy atom. The van der Waals surface area contributed by atoms with Gasteiger partial charge < -0.3 is 15.5 Å². The van der Waals surface area contributed by atoms with Gasteiger partial charge in [0, 0.05) is 13.1 Å². The molecule has 0 radical (unpaired) electrons. The second-order valence-corrected chi connectivity index (χ2v) is 5.30. The third-order valence-corrected chi connectivity index (χ3v) is 3.70. The maximum atomic E-state index is 12.9. The normalized spacial score (nSPS) is 24.3. The summed E-state index contributed by atoms with van der Waals surface area (Å²) in [6.07, 6.45) is -6.48. The topological polar surface area (TPSA) is 72.8 Å². The Bertz CT molecular complexity index is 540. The molecule has 3 N–H and O–H groups in total. The third kappa shape index (κ3) is 3.57. The van der Waals surface area contributed by atoms with Crippen LogP contribution < -0.4 is 5.32 Å². The van der Waals surface area contributed by atoms with E-state index in [0.29, 0.717) is 0 Å². The highest BCUT2D eigenvalue weighted by molar-refractivity contribution is 5.95. The molecule has 8 heteroatoms. The van der Waals surface area contributed by atoms with Crippen LogP contribution in [0.2, 0.25) is 0 Å². The van der Waals surface area contributed by atoms with E-state index in [1.165, 1.54) is 30.0 Å². The van der Waals surface area contributed by atoms with Gasteiger partial charge in [-0.15, -0.1) is 0 Å². The largest absolute Gasteiger partial charge is 0.418 e. The number of para-hydroxylation sites is 1. The Hall–Kier alpha value is -1.64. The fourth-order valence-electron chi connectivity index (χ4n) is 2.36. The maximum absolute atomic E-state index is 12.9. The molecule has 1 aromatic rings. The lowest BCUT2D eigenvalue weighted by atomic mass is 10.1. The minimum absolute atomic E-state index is 0.0939. The van der Waals surface area contributed by atoms with Gasteiger partial charge in [0.05, 0.1) is 29.5 Å². The fraction of sp³-hybridized carbons (Fsp3) is 0.500. The lowest BCUT2D eigenvalue weighted by molar-refractivity contribution is -0.137. The van der Waals surface area contributed by atoms with Crippen molar-refractivity contribution in [3.05, 3.63) is 29.8 Å². The zero-order chi connectivity index (χ0) is 16.5. The van der Waals surface area contributed by atoms with E-state index in [1.54, 1.807) is 0 Å². The molecule has 122 valence electrons. The van der Waals surface area contributed by atoms with Gasteiger partial charge in [-0.05, 0) is 19.1 Å². The van der Waals surface area contributed by atoms with Crippen molar-refractivity contribution < 1.29 is 28.2 Å². The molecule has 0 unspecified atom stereocenters. The molecule has 3 atom stereocenters. The molecule has 5 nitrogen and oxygen atoms in total. The SMILES string of the molecule is C[C@@H](C(=O)Nc1ccccc1C(F)(F)F)N1C[C@@H](O)[C@@H](O)C1. The lowest BCUT2D eigenvalue weighted by Crippen LogP contribution is -2.41. The highest BCUT2D eigenvalue weighted by Gasteiger charge is 2.36. The average molecular weight is 318 g/mol. The number of alkyl halides is 3. The van der Waals surface area contributed by atoms with Crippen molar-refractivity contribution in [2.75, 3.05) is 18.4 Å². The molecule has 1 amide bonds. The minimum atomic E-state index is -4.56. The summed E-state index contributed by atoms with van der Waals surface area (Å²) in [5, 5.41) is 21.2. The molecule has 2 rings (SSSR count). The number of likely N-dealkylation sites (tertiary alicyclic amines) is 1. The van der Waals surface area contributed by atoms with Gasteiger partial charge in [0.2, 0.25) is 5.91 Å². The Morgan fingerprint density at radius 3 is 2.36 bits per heavy atom. The molecule has 1 aromatic carbocycles. The quantitative estimate of drug-likeness (QED) is 0.779. The van der Waals surface area contributed by atoms with Gasteiger partial charge in [0.1, 0.15) is 0 Å². The van der Waals surface area contributed by atoms with Crippen LogP contribution in [0.1, 0.15) is 12.5 Å². The lowest BCUT2D eigenvalue weighted by Gasteiger charge is -2.23. The summed E-state index contributed by atoms with van der Waals surface area (Å²) in [6, 6.07) is 3.95. The molecule has 1 aliphatic rings. The Labute approximate surface area is 125 Å². The van der Waals surface area contributed by atoms with E-state index >= 15 is 0 Å². The first-order valence-corrected chi connectivity index (χ1v) is 6.77. The van der Waals surface area contributed by atoms with Crippen molar-refractivity contribution in [3.8, 4) is 0 Å². The standard InChI is InChI=1S/C14H17F3N2O3/c1-8(19-6-11(20)12(21)7-19)13(22)18-10-5-3-2-4-9(10)14(15,16)17/h2-5,8,11-12,20-21H,6-7H2,1H3,(H,18,22)/t8-,11-,12+/m0/s1. The molecule has 0 bridgehead atoms. The molecule has 0 spiro atoms. The summed E-state index contributed by atoms with van der Waals surface area (Å²) in [5.74, 6) is -0.627. The Morgan fingerprint density at radius 2 is 1.82 bits per heavy atom. The Balaban J connectivity index is 2.10. The third-order valence-electron chi connectivity index (χ3n) is 3.70. The number of β-amino-alcohol motifs (C(OH)–C–C–N with tert-alkyl or cyclic N) is 2. The highest BCUT2D eigenvalue weighted by Crippen LogP contribution is 2.34. The van der Waals surface area contributed by atoms with Crippen molar-refractivity contribution in [1.29, 1.82) is 0 Å². The number of hydrogen-bond acceptors (Lipinski definition) is 4. The predicted octanol–water partition coefficient (Wildman–Crippen LogP) is 1.07. The molecule has 1 saturated heterocycles. The van der Waals surface area contributed by atoms with Crippen molar-refractivity contribution in [1.82, 2.24) is 4.90 Å². The zero-order valence-corrected chi connectivity index (χ0v) is 11.8. The summed E-state index contributed by atoms with van der Waals surface area (Å²) in [5.41, 5.74) is -1.23. The molecular formula is C14H17F3N2O3. The molecule has 1 heterocycles. The van der Waals surface area contributed by atoms with Gasteiger partial charge in [-0.3, -0.25) is 9.69 Å².